The summed E-state index contributed by atoms with van der Waals surface area (Å²) < 4.78 is 2.74. The van der Waals surface area contributed by atoms with Crippen LogP contribution in [0.4, 0.5) is 0 Å². The lowest BCUT2D eigenvalue weighted by atomic mass is 10.2. The van der Waals surface area contributed by atoms with E-state index in [0.717, 1.165) is 12.8 Å². The molecule has 1 saturated carbocycles. The Labute approximate surface area is 155 Å². The third kappa shape index (κ3) is 3.18. The van der Waals surface area contributed by atoms with Crippen LogP contribution in [-0.2, 0) is 6.54 Å². The maximum absolute atomic E-state index is 12.9. The molecule has 8 nitrogen and oxygen atoms in total. The van der Waals surface area contributed by atoms with E-state index in [1.165, 1.54) is 4.52 Å². The van der Waals surface area contributed by atoms with Crippen LogP contribution in [0.25, 0.3) is 17.0 Å². The Morgan fingerprint density at radius 2 is 2.11 bits per heavy atom. The first kappa shape index (κ1) is 17.3. The number of hydrogen-bond acceptors (Lipinski definition) is 5. The van der Waals surface area contributed by atoms with Crippen molar-refractivity contribution in [3.8, 4) is 17.3 Å². The zero-order valence-corrected chi connectivity index (χ0v) is 15.2. The summed E-state index contributed by atoms with van der Waals surface area (Å²) >= 11 is 0. The van der Waals surface area contributed by atoms with E-state index in [0.29, 0.717) is 23.6 Å². The summed E-state index contributed by atoms with van der Waals surface area (Å²) in [5, 5.41) is 17.9. The van der Waals surface area contributed by atoms with Crippen LogP contribution >= 0.6 is 0 Å². The molecule has 0 radical (unpaired) electrons. The Morgan fingerprint density at radius 3 is 2.74 bits per heavy atom. The topological polar surface area (TPSA) is 102 Å². The molecule has 27 heavy (non-hydrogen) atoms. The predicted octanol–water partition coefficient (Wildman–Crippen LogP) is 1.81. The first-order valence-corrected chi connectivity index (χ1v) is 9.03. The Hall–Kier alpha value is -3.16. The molecule has 1 aliphatic carbocycles. The first-order valence-electron chi connectivity index (χ1n) is 9.03. The van der Waals surface area contributed by atoms with Gasteiger partial charge in [0.15, 0.2) is 5.56 Å². The van der Waals surface area contributed by atoms with Gasteiger partial charge in [-0.15, -0.1) is 0 Å². The van der Waals surface area contributed by atoms with E-state index in [-0.39, 0.29) is 23.4 Å². The summed E-state index contributed by atoms with van der Waals surface area (Å²) in [5.74, 6) is -0.698. The van der Waals surface area contributed by atoms with Crippen LogP contribution in [0.3, 0.4) is 0 Å². The van der Waals surface area contributed by atoms with E-state index in [1.807, 2.05) is 19.9 Å². The predicted molar refractivity (Wildman–Crippen MR) is 99.7 cm³/mol. The van der Waals surface area contributed by atoms with Gasteiger partial charge < -0.3 is 10.4 Å². The molecule has 3 aromatic heterocycles. The number of aromatic nitrogens is 4. The summed E-state index contributed by atoms with van der Waals surface area (Å²) in [4.78, 5) is 29.7. The van der Waals surface area contributed by atoms with Crippen molar-refractivity contribution in [2.75, 3.05) is 0 Å². The van der Waals surface area contributed by atoms with Gasteiger partial charge in [0.25, 0.3) is 11.5 Å². The Bertz CT molecular complexity index is 1060. The molecule has 8 heteroatoms. The van der Waals surface area contributed by atoms with Crippen molar-refractivity contribution in [1.82, 2.24) is 24.5 Å². The second-order valence-corrected chi connectivity index (χ2v) is 7.27. The first-order chi connectivity index (χ1) is 13.0. The molecule has 1 fully saturated rings. The van der Waals surface area contributed by atoms with Crippen LogP contribution in [0.2, 0.25) is 0 Å². The van der Waals surface area contributed by atoms with Gasteiger partial charge in [0.05, 0.1) is 5.69 Å². The van der Waals surface area contributed by atoms with Crippen molar-refractivity contribution in [3.63, 3.8) is 0 Å². The molecule has 0 saturated heterocycles. The number of carbonyl (C=O) groups is 1. The molecule has 2 N–H and O–H groups in total. The van der Waals surface area contributed by atoms with Gasteiger partial charge >= 0.3 is 0 Å². The molecular formula is C19H21N5O3. The second-order valence-electron chi connectivity index (χ2n) is 7.27. The summed E-state index contributed by atoms with van der Waals surface area (Å²) in [6, 6.07) is 7.20. The molecule has 3 aromatic rings. The maximum Gasteiger partial charge on any atom is 0.291 e. The highest BCUT2D eigenvalue weighted by Crippen LogP contribution is 2.24. The van der Waals surface area contributed by atoms with Gasteiger partial charge in [0.2, 0.25) is 5.88 Å². The molecule has 0 aliphatic heterocycles. The van der Waals surface area contributed by atoms with Crippen LogP contribution in [0, 0.1) is 5.92 Å². The Balaban J connectivity index is 1.93. The van der Waals surface area contributed by atoms with E-state index in [1.54, 1.807) is 29.0 Å². The third-order valence-electron chi connectivity index (χ3n) is 4.47. The lowest BCUT2D eigenvalue weighted by molar-refractivity contribution is 0.0944. The lowest BCUT2D eigenvalue weighted by Gasteiger charge is -2.16. The minimum atomic E-state index is -0.636. The van der Waals surface area contributed by atoms with Crippen molar-refractivity contribution >= 4 is 11.6 Å². The zero-order valence-electron chi connectivity index (χ0n) is 15.2. The average Bonchev–Trinajstić information content (AvgIpc) is 3.33. The second kappa shape index (κ2) is 6.53. The molecule has 4 rings (SSSR count). The molecule has 0 aromatic carbocycles. The highest BCUT2D eigenvalue weighted by Gasteiger charge is 2.29. The summed E-state index contributed by atoms with van der Waals surface area (Å²) in [6.07, 6.45) is 3.42. The third-order valence-corrected chi connectivity index (χ3v) is 4.47. The van der Waals surface area contributed by atoms with E-state index in [2.05, 4.69) is 15.4 Å². The fourth-order valence-electron chi connectivity index (χ4n) is 3.03. The average molecular weight is 367 g/mol. The van der Waals surface area contributed by atoms with Gasteiger partial charge in [-0.2, -0.15) is 9.61 Å². The molecule has 0 atom stereocenters. The highest BCUT2D eigenvalue weighted by atomic mass is 16.3. The van der Waals surface area contributed by atoms with E-state index >= 15 is 0 Å². The van der Waals surface area contributed by atoms with Crippen molar-refractivity contribution in [3.05, 3.63) is 46.4 Å². The largest absolute Gasteiger partial charge is 0.494 e. The van der Waals surface area contributed by atoms with Gasteiger partial charge in [-0.05, 0) is 30.9 Å². The molecule has 0 bridgehead atoms. The summed E-state index contributed by atoms with van der Waals surface area (Å²) in [5.41, 5.74) is 0.632. The number of rotatable bonds is 5. The quantitative estimate of drug-likeness (QED) is 0.716. The van der Waals surface area contributed by atoms with Crippen molar-refractivity contribution in [2.45, 2.75) is 39.3 Å². The maximum atomic E-state index is 12.9. The Kier molecular flexibility index (Phi) is 4.18. The molecule has 1 aliphatic rings. The van der Waals surface area contributed by atoms with E-state index < -0.39 is 11.5 Å². The number of nitrogens with zero attached hydrogens (tertiary/aromatic N) is 4. The van der Waals surface area contributed by atoms with Gasteiger partial charge in [0, 0.05) is 24.8 Å². The summed E-state index contributed by atoms with van der Waals surface area (Å²) in [7, 11) is 0. The number of fused-ring (bicyclic) bond motifs is 1. The minimum absolute atomic E-state index is 0.0762. The number of carbonyl (C=O) groups excluding carboxylic acids is 1. The summed E-state index contributed by atoms with van der Waals surface area (Å²) in [6.45, 7) is 4.43. The number of hydrogen-bond donors (Lipinski definition) is 2. The number of aromatic hydroxyl groups is 1. The lowest BCUT2D eigenvalue weighted by Crippen LogP contribution is -2.34. The van der Waals surface area contributed by atoms with E-state index in [4.69, 9.17) is 0 Å². The zero-order chi connectivity index (χ0) is 19.1. The minimum Gasteiger partial charge on any atom is -0.494 e. The molecule has 140 valence electrons. The van der Waals surface area contributed by atoms with Crippen LogP contribution in [0.15, 0.2) is 35.3 Å². The monoisotopic (exact) mass is 367 g/mol. The normalized spacial score (nSPS) is 14.0. The van der Waals surface area contributed by atoms with Crippen LogP contribution in [-0.4, -0.2) is 36.2 Å². The van der Waals surface area contributed by atoms with Crippen molar-refractivity contribution in [1.29, 1.82) is 0 Å². The molecule has 0 unspecified atom stereocenters. The van der Waals surface area contributed by atoms with Crippen LogP contribution < -0.4 is 10.9 Å². The standard InChI is InChI=1S/C19H21N5O3/c1-11(2)10-23-15-9-14(13-5-3-4-8-20-13)22-24(15)19(27)16(18(23)26)17(25)21-12-6-7-12/h3-5,8-9,11-12,26H,6-7,10H2,1-2H3,(H,21,25). The number of nitrogens with one attached hydrogen (secondary N) is 1. The number of amides is 1. The van der Waals surface area contributed by atoms with Crippen LogP contribution in [0.1, 0.15) is 37.0 Å². The fourth-order valence-corrected chi connectivity index (χ4v) is 3.03. The van der Waals surface area contributed by atoms with Gasteiger partial charge in [0.1, 0.15) is 11.3 Å². The Morgan fingerprint density at radius 1 is 1.33 bits per heavy atom. The van der Waals surface area contributed by atoms with E-state index in [9.17, 15) is 14.7 Å². The molecule has 3 heterocycles. The van der Waals surface area contributed by atoms with Gasteiger partial charge in [-0.25, -0.2) is 0 Å². The molecule has 1 amide bonds. The number of pyridine rings is 1. The molecule has 0 spiro atoms. The SMILES string of the molecule is CC(C)Cn1c(O)c(C(=O)NC2CC2)c(=O)n2nc(-c3ccccn3)cc12. The van der Waals surface area contributed by atoms with Crippen molar-refractivity contribution < 1.29 is 9.90 Å². The smallest absolute Gasteiger partial charge is 0.291 e. The fraction of sp³-hybridized carbons (Fsp3) is 0.368. The molecular weight excluding hydrogens is 346 g/mol. The van der Waals surface area contributed by atoms with Gasteiger partial charge in [-0.3, -0.25) is 19.1 Å². The van der Waals surface area contributed by atoms with Crippen molar-refractivity contribution in [2.24, 2.45) is 5.92 Å². The van der Waals surface area contributed by atoms with Crippen LogP contribution in [0.5, 0.6) is 5.88 Å². The highest BCUT2D eigenvalue weighted by molar-refractivity contribution is 5.96. The van der Waals surface area contributed by atoms with Gasteiger partial charge in [-0.1, -0.05) is 19.9 Å².